The van der Waals surface area contributed by atoms with Gasteiger partial charge >= 0.3 is 11.9 Å². The molecular formula is C31H29N3O5S. The molecule has 1 aromatic heterocycles. The Hall–Kier alpha value is -4.76. The first-order valence-corrected chi connectivity index (χ1v) is 13.3. The van der Waals surface area contributed by atoms with Gasteiger partial charge in [0.15, 0.2) is 5.13 Å². The van der Waals surface area contributed by atoms with E-state index >= 15 is 0 Å². The Labute approximate surface area is 236 Å². The van der Waals surface area contributed by atoms with E-state index < -0.39 is 34.5 Å². The quantitative estimate of drug-likeness (QED) is 0.0598. The highest BCUT2D eigenvalue weighted by Gasteiger charge is 2.37. The Morgan fingerprint density at radius 3 is 1.77 bits per heavy atom. The molecule has 0 saturated carbocycles. The average Bonchev–Trinajstić information content (AvgIpc) is 3.40. The number of carbonyl (C=O) groups excluding carboxylic acids is 1. The van der Waals surface area contributed by atoms with Crippen LogP contribution in [0.4, 0.5) is 5.13 Å². The molecule has 0 spiro atoms. The molecule has 0 amide bonds. The van der Waals surface area contributed by atoms with Gasteiger partial charge in [-0.3, -0.25) is 0 Å². The number of rotatable bonds is 10. The number of nitrogens with one attached hydrogen (secondary N) is 1. The van der Waals surface area contributed by atoms with E-state index in [4.69, 9.17) is 9.57 Å². The number of aromatic nitrogens is 1. The number of anilines is 1. The van der Waals surface area contributed by atoms with E-state index in [1.54, 1.807) is 26.2 Å². The highest BCUT2D eigenvalue weighted by Crippen LogP contribution is 2.40. The molecule has 0 saturated heterocycles. The molecular weight excluding hydrogens is 526 g/mol. The van der Waals surface area contributed by atoms with E-state index in [1.165, 1.54) is 11.3 Å². The number of oxime groups is 1. The van der Waals surface area contributed by atoms with Crippen LogP contribution in [0.3, 0.4) is 0 Å². The Balaban J connectivity index is 1.73. The summed E-state index contributed by atoms with van der Waals surface area (Å²) in [6.45, 7) is 8.56. The van der Waals surface area contributed by atoms with Crippen molar-refractivity contribution in [3.05, 3.63) is 131 Å². The lowest BCUT2D eigenvalue weighted by Gasteiger charge is -2.36. The van der Waals surface area contributed by atoms with Gasteiger partial charge in [-0.1, -0.05) is 96.2 Å². The smallest absolute Gasteiger partial charge is 0.376 e. The largest absolute Gasteiger partial charge is 0.476 e. The SMILES string of the molecule is C=C(O/N=C(\C(=O)O)c1csc(NC(c2ccccc2)(c2ccccc2)c2ccccc2)n1)C(=O)OC(C)(C)C. The summed E-state index contributed by atoms with van der Waals surface area (Å²) in [5, 5.41) is 19.1. The molecule has 1 heterocycles. The van der Waals surface area contributed by atoms with Gasteiger partial charge in [0.05, 0.1) is 0 Å². The van der Waals surface area contributed by atoms with E-state index in [1.807, 2.05) is 91.0 Å². The van der Waals surface area contributed by atoms with E-state index in [-0.39, 0.29) is 5.69 Å². The van der Waals surface area contributed by atoms with Crippen molar-refractivity contribution in [1.82, 2.24) is 4.98 Å². The Kier molecular flexibility index (Phi) is 8.45. The van der Waals surface area contributed by atoms with E-state index in [2.05, 4.69) is 22.0 Å². The molecule has 0 aliphatic heterocycles. The standard InChI is InChI=1S/C31H29N3O5S/c1-21(28(37)38-30(2,3)4)39-34-26(27(35)36)25-20-40-29(32-25)33-31(22-14-8-5-9-15-22,23-16-10-6-11-17-23)24-18-12-7-13-19-24/h5-20H,1H2,2-4H3,(H,32,33)(H,35,36)/b34-26-. The highest BCUT2D eigenvalue weighted by atomic mass is 32.1. The molecule has 9 heteroatoms. The second kappa shape index (κ2) is 12.0. The van der Waals surface area contributed by atoms with Crippen LogP contribution in [-0.4, -0.2) is 33.3 Å². The molecule has 2 N–H and O–H groups in total. The van der Waals surface area contributed by atoms with Crippen molar-refractivity contribution in [2.24, 2.45) is 5.16 Å². The lowest BCUT2D eigenvalue weighted by molar-refractivity contribution is -0.154. The van der Waals surface area contributed by atoms with Crippen LogP contribution in [0.1, 0.15) is 43.2 Å². The number of ether oxygens (including phenoxy) is 1. The van der Waals surface area contributed by atoms with Crippen LogP contribution >= 0.6 is 11.3 Å². The van der Waals surface area contributed by atoms with Gasteiger partial charge in [0.25, 0.3) is 0 Å². The molecule has 0 radical (unpaired) electrons. The number of thiazole rings is 1. The maximum Gasteiger partial charge on any atom is 0.376 e. The molecule has 0 fully saturated rings. The Morgan fingerprint density at radius 1 is 0.875 bits per heavy atom. The third kappa shape index (κ3) is 6.44. The first-order valence-electron chi connectivity index (χ1n) is 12.4. The lowest BCUT2D eigenvalue weighted by Crippen LogP contribution is -2.38. The van der Waals surface area contributed by atoms with Gasteiger partial charge in [-0.25, -0.2) is 14.6 Å². The molecule has 0 aliphatic rings. The van der Waals surface area contributed by atoms with Gasteiger partial charge in [0, 0.05) is 5.38 Å². The topological polar surface area (TPSA) is 110 Å². The lowest BCUT2D eigenvalue weighted by atomic mass is 9.77. The number of carboxylic acids is 1. The number of benzene rings is 3. The summed E-state index contributed by atoms with van der Waals surface area (Å²) in [6.07, 6.45) is 0. The molecule has 4 aromatic rings. The number of hydrogen-bond donors (Lipinski definition) is 2. The third-order valence-electron chi connectivity index (χ3n) is 5.74. The predicted molar refractivity (Wildman–Crippen MR) is 155 cm³/mol. The first kappa shape index (κ1) is 28.3. The summed E-state index contributed by atoms with van der Waals surface area (Å²) in [5.74, 6) is -2.67. The zero-order chi connectivity index (χ0) is 28.8. The molecule has 0 aliphatic carbocycles. The molecule has 8 nitrogen and oxygen atoms in total. The number of carboxylic acid groups (broad SMARTS) is 1. The fraction of sp³-hybridized carbons (Fsp3) is 0.161. The molecule has 0 unspecified atom stereocenters. The van der Waals surface area contributed by atoms with Gasteiger partial charge in [0.1, 0.15) is 16.8 Å². The van der Waals surface area contributed by atoms with Gasteiger partial charge in [-0.15, -0.1) is 11.3 Å². The van der Waals surface area contributed by atoms with Crippen LogP contribution in [-0.2, 0) is 24.7 Å². The van der Waals surface area contributed by atoms with Crippen LogP contribution in [0.15, 0.2) is 114 Å². The van der Waals surface area contributed by atoms with Gasteiger partial charge in [0.2, 0.25) is 11.5 Å². The fourth-order valence-corrected chi connectivity index (χ4v) is 4.80. The van der Waals surface area contributed by atoms with Crippen molar-refractivity contribution in [1.29, 1.82) is 0 Å². The summed E-state index contributed by atoms with van der Waals surface area (Å²) >= 11 is 1.22. The number of aliphatic carboxylic acids is 1. The fourth-order valence-electron chi connectivity index (χ4n) is 4.05. The minimum Gasteiger partial charge on any atom is -0.476 e. The average molecular weight is 556 g/mol. The second-order valence-corrected chi connectivity index (χ2v) is 10.6. The maximum absolute atomic E-state index is 12.2. The number of nitrogens with zero attached hydrogens (tertiary/aromatic N) is 2. The van der Waals surface area contributed by atoms with Crippen molar-refractivity contribution < 1.29 is 24.3 Å². The van der Waals surface area contributed by atoms with Crippen LogP contribution in [0.2, 0.25) is 0 Å². The van der Waals surface area contributed by atoms with E-state index in [0.29, 0.717) is 5.13 Å². The molecule has 40 heavy (non-hydrogen) atoms. The van der Waals surface area contributed by atoms with Crippen molar-refractivity contribution >= 4 is 34.1 Å². The van der Waals surface area contributed by atoms with Crippen molar-refractivity contribution in [2.75, 3.05) is 5.32 Å². The molecule has 3 aromatic carbocycles. The summed E-state index contributed by atoms with van der Waals surface area (Å²) in [7, 11) is 0. The van der Waals surface area contributed by atoms with Crippen LogP contribution < -0.4 is 5.32 Å². The van der Waals surface area contributed by atoms with Gasteiger partial charge < -0.3 is 20.0 Å². The van der Waals surface area contributed by atoms with E-state index in [0.717, 1.165) is 16.7 Å². The summed E-state index contributed by atoms with van der Waals surface area (Å²) < 4.78 is 5.18. The Bertz CT molecular complexity index is 1410. The maximum atomic E-state index is 12.2. The zero-order valence-corrected chi connectivity index (χ0v) is 23.1. The van der Waals surface area contributed by atoms with Crippen molar-refractivity contribution in [2.45, 2.75) is 31.9 Å². The third-order valence-corrected chi connectivity index (χ3v) is 6.50. The second-order valence-electron chi connectivity index (χ2n) is 9.77. The molecule has 4 rings (SSSR count). The summed E-state index contributed by atoms with van der Waals surface area (Å²) in [4.78, 5) is 33.8. The van der Waals surface area contributed by atoms with Crippen LogP contribution in [0, 0.1) is 0 Å². The minimum absolute atomic E-state index is 0.0556. The monoisotopic (exact) mass is 555 g/mol. The predicted octanol–water partition coefficient (Wildman–Crippen LogP) is 6.21. The van der Waals surface area contributed by atoms with Crippen molar-refractivity contribution in [3.8, 4) is 0 Å². The summed E-state index contributed by atoms with van der Waals surface area (Å²) in [5.41, 5.74) is 0.843. The molecule has 0 atom stereocenters. The minimum atomic E-state index is -1.38. The first-order chi connectivity index (χ1) is 19.1. The Morgan fingerprint density at radius 2 is 1.35 bits per heavy atom. The highest BCUT2D eigenvalue weighted by molar-refractivity contribution is 7.14. The van der Waals surface area contributed by atoms with Gasteiger partial charge in [-0.2, -0.15) is 0 Å². The normalized spacial score (nSPS) is 11.9. The van der Waals surface area contributed by atoms with Crippen LogP contribution in [0.25, 0.3) is 0 Å². The molecule has 0 bridgehead atoms. The van der Waals surface area contributed by atoms with Crippen LogP contribution in [0.5, 0.6) is 0 Å². The number of carbonyl (C=O) groups is 2. The number of esters is 1. The summed E-state index contributed by atoms with van der Waals surface area (Å²) in [6, 6.07) is 29.8. The van der Waals surface area contributed by atoms with E-state index in [9.17, 15) is 14.7 Å². The van der Waals surface area contributed by atoms with Gasteiger partial charge in [-0.05, 0) is 44.0 Å². The van der Waals surface area contributed by atoms with Crippen molar-refractivity contribution in [3.63, 3.8) is 0 Å². The molecule has 204 valence electrons. The zero-order valence-electron chi connectivity index (χ0n) is 22.3. The number of hydrogen-bond acceptors (Lipinski definition) is 8.